The van der Waals surface area contributed by atoms with E-state index < -0.39 is 0 Å². The molecule has 0 bridgehead atoms. The second kappa shape index (κ2) is 9.14. The first-order valence-electron chi connectivity index (χ1n) is 9.76. The molecule has 1 unspecified atom stereocenters. The van der Waals surface area contributed by atoms with Crippen LogP contribution in [0.25, 0.3) is 6.08 Å². The highest BCUT2D eigenvalue weighted by Gasteiger charge is 2.23. The van der Waals surface area contributed by atoms with Gasteiger partial charge in [-0.1, -0.05) is 6.07 Å². The standard InChI is InChI=1S/C22H23N5O2/c28-22(9-8-19-6-4-12-29-19)27-11-3-5-17(15-27)13-18-14-21(25-16-24-18)26-20-7-1-2-10-23-20/h1-2,4,6-10,12,14,16-17H,3,5,11,13,15H2,(H,23,24,25,26)/b9-8+. The molecule has 0 radical (unpaired) electrons. The summed E-state index contributed by atoms with van der Waals surface area (Å²) in [4.78, 5) is 27.4. The summed E-state index contributed by atoms with van der Waals surface area (Å²) in [5.41, 5.74) is 0.962. The summed E-state index contributed by atoms with van der Waals surface area (Å²) >= 11 is 0. The van der Waals surface area contributed by atoms with Crippen LogP contribution in [0.2, 0.25) is 0 Å². The van der Waals surface area contributed by atoms with E-state index >= 15 is 0 Å². The van der Waals surface area contributed by atoms with Crippen LogP contribution in [-0.2, 0) is 11.2 Å². The van der Waals surface area contributed by atoms with Crippen LogP contribution in [0.3, 0.4) is 0 Å². The number of hydrogen-bond acceptors (Lipinski definition) is 6. The van der Waals surface area contributed by atoms with Crippen molar-refractivity contribution in [3.05, 3.63) is 72.7 Å². The van der Waals surface area contributed by atoms with Gasteiger partial charge in [0, 0.05) is 37.1 Å². The molecule has 0 saturated carbocycles. The third kappa shape index (κ3) is 5.28. The lowest BCUT2D eigenvalue weighted by Crippen LogP contribution is -2.39. The highest BCUT2D eigenvalue weighted by molar-refractivity contribution is 5.91. The molecule has 29 heavy (non-hydrogen) atoms. The van der Waals surface area contributed by atoms with E-state index in [2.05, 4.69) is 20.3 Å². The van der Waals surface area contributed by atoms with Gasteiger partial charge >= 0.3 is 0 Å². The molecule has 0 aromatic carbocycles. The first-order chi connectivity index (χ1) is 14.3. The number of carbonyl (C=O) groups is 1. The van der Waals surface area contributed by atoms with Crippen LogP contribution >= 0.6 is 0 Å². The van der Waals surface area contributed by atoms with Gasteiger partial charge in [0.15, 0.2) is 0 Å². The molecular weight excluding hydrogens is 366 g/mol. The number of nitrogens with one attached hydrogen (secondary N) is 1. The topological polar surface area (TPSA) is 84.2 Å². The molecule has 7 heteroatoms. The van der Waals surface area contributed by atoms with Crippen molar-refractivity contribution in [2.75, 3.05) is 18.4 Å². The van der Waals surface area contributed by atoms with Crippen molar-refractivity contribution in [1.29, 1.82) is 0 Å². The third-order valence-electron chi connectivity index (χ3n) is 4.91. The Morgan fingerprint density at radius 2 is 2.17 bits per heavy atom. The number of rotatable bonds is 6. The third-order valence-corrected chi connectivity index (χ3v) is 4.91. The van der Waals surface area contributed by atoms with E-state index in [4.69, 9.17) is 4.42 Å². The van der Waals surface area contributed by atoms with Gasteiger partial charge in [-0.25, -0.2) is 15.0 Å². The van der Waals surface area contributed by atoms with Crippen LogP contribution in [-0.4, -0.2) is 38.8 Å². The number of amides is 1. The van der Waals surface area contributed by atoms with E-state index in [-0.39, 0.29) is 5.91 Å². The predicted molar refractivity (Wildman–Crippen MR) is 110 cm³/mol. The Hall–Kier alpha value is -3.48. The summed E-state index contributed by atoms with van der Waals surface area (Å²) in [5, 5.41) is 3.19. The Balaban J connectivity index is 1.35. The van der Waals surface area contributed by atoms with E-state index in [1.165, 1.54) is 0 Å². The van der Waals surface area contributed by atoms with E-state index in [0.29, 0.717) is 11.7 Å². The second-order valence-electron chi connectivity index (χ2n) is 7.08. The summed E-state index contributed by atoms with van der Waals surface area (Å²) in [6.45, 7) is 1.52. The van der Waals surface area contributed by atoms with Crippen LogP contribution in [0.5, 0.6) is 0 Å². The van der Waals surface area contributed by atoms with Crippen molar-refractivity contribution in [2.45, 2.75) is 19.3 Å². The van der Waals surface area contributed by atoms with Crippen LogP contribution in [0.15, 0.2) is 65.7 Å². The lowest BCUT2D eigenvalue weighted by molar-refractivity contribution is -0.127. The molecule has 1 amide bonds. The van der Waals surface area contributed by atoms with Gasteiger partial charge in [-0.3, -0.25) is 4.79 Å². The summed E-state index contributed by atoms with van der Waals surface area (Å²) in [6.07, 6.45) is 11.1. The molecule has 1 aliphatic rings. The fourth-order valence-electron chi connectivity index (χ4n) is 3.52. The highest BCUT2D eigenvalue weighted by atomic mass is 16.3. The fraction of sp³-hybridized carbons (Fsp3) is 0.273. The molecule has 3 aromatic heterocycles. The largest absolute Gasteiger partial charge is 0.465 e. The van der Waals surface area contributed by atoms with Crippen molar-refractivity contribution >= 4 is 23.6 Å². The number of nitrogens with zero attached hydrogens (tertiary/aromatic N) is 4. The van der Waals surface area contributed by atoms with Crippen molar-refractivity contribution in [3.8, 4) is 0 Å². The summed E-state index contributed by atoms with van der Waals surface area (Å²) in [6, 6.07) is 11.3. The van der Waals surface area contributed by atoms with E-state index in [1.807, 2.05) is 35.2 Å². The molecule has 3 aromatic rings. The van der Waals surface area contributed by atoms with Crippen LogP contribution < -0.4 is 5.32 Å². The van der Waals surface area contributed by atoms with E-state index in [9.17, 15) is 4.79 Å². The number of piperidine rings is 1. The van der Waals surface area contributed by atoms with Gasteiger partial charge in [0.1, 0.15) is 23.7 Å². The zero-order valence-corrected chi connectivity index (χ0v) is 16.1. The lowest BCUT2D eigenvalue weighted by Gasteiger charge is -2.32. The van der Waals surface area contributed by atoms with Gasteiger partial charge in [-0.05, 0) is 55.5 Å². The first-order valence-corrected chi connectivity index (χ1v) is 9.76. The van der Waals surface area contributed by atoms with Crippen molar-refractivity contribution in [2.24, 2.45) is 5.92 Å². The summed E-state index contributed by atoms with van der Waals surface area (Å²) < 4.78 is 5.24. The second-order valence-corrected chi connectivity index (χ2v) is 7.08. The molecule has 0 spiro atoms. The van der Waals surface area contributed by atoms with Crippen molar-refractivity contribution < 1.29 is 9.21 Å². The van der Waals surface area contributed by atoms with Gasteiger partial charge in [0.2, 0.25) is 5.91 Å². The number of pyridine rings is 1. The average Bonchev–Trinajstić information content (AvgIpc) is 3.27. The summed E-state index contributed by atoms with van der Waals surface area (Å²) in [5.74, 6) is 2.54. The Kier molecular flexibility index (Phi) is 5.95. The molecule has 1 N–H and O–H groups in total. The number of aromatic nitrogens is 3. The smallest absolute Gasteiger partial charge is 0.246 e. The lowest BCUT2D eigenvalue weighted by atomic mass is 9.93. The number of hydrogen-bond donors (Lipinski definition) is 1. The summed E-state index contributed by atoms with van der Waals surface area (Å²) in [7, 11) is 0. The Morgan fingerprint density at radius 3 is 3.00 bits per heavy atom. The first kappa shape index (κ1) is 18.9. The monoisotopic (exact) mass is 389 g/mol. The molecule has 1 aliphatic heterocycles. The minimum atomic E-state index is 0.0197. The maximum Gasteiger partial charge on any atom is 0.246 e. The zero-order valence-electron chi connectivity index (χ0n) is 16.1. The number of likely N-dealkylation sites (tertiary alicyclic amines) is 1. The molecule has 148 valence electrons. The Labute approximate surface area is 169 Å². The van der Waals surface area contributed by atoms with E-state index in [1.54, 1.807) is 37.0 Å². The normalized spacial score (nSPS) is 16.8. The van der Waals surface area contributed by atoms with Crippen LogP contribution in [0.1, 0.15) is 24.3 Å². The minimum absolute atomic E-state index is 0.0197. The van der Waals surface area contributed by atoms with Gasteiger partial charge in [0.05, 0.1) is 6.26 Å². The maximum atomic E-state index is 12.5. The quantitative estimate of drug-likeness (QED) is 0.647. The minimum Gasteiger partial charge on any atom is -0.465 e. The number of carbonyl (C=O) groups excluding carboxylic acids is 1. The number of anilines is 2. The Bertz CT molecular complexity index is 956. The highest BCUT2D eigenvalue weighted by Crippen LogP contribution is 2.22. The van der Waals surface area contributed by atoms with Gasteiger partial charge in [0.25, 0.3) is 0 Å². The fourth-order valence-corrected chi connectivity index (χ4v) is 3.52. The average molecular weight is 389 g/mol. The molecule has 4 heterocycles. The van der Waals surface area contributed by atoms with Crippen LogP contribution in [0.4, 0.5) is 11.6 Å². The van der Waals surface area contributed by atoms with Gasteiger partial charge in [-0.2, -0.15) is 0 Å². The molecule has 0 aliphatic carbocycles. The number of furan rings is 1. The van der Waals surface area contributed by atoms with Crippen molar-refractivity contribution in [1.82, 2.24) is 19.9 Å². The zero-order chi connectivity index (χ0) is 19.9. The molecule has 1 fully saturated rings. The Morgan fingerprint density at radius 1 is 1.21 bits per heavy atom. The molecule has 7 nitrogen and oxygen atoms in total. The van der Waals surface area contributed by atoms with Crippen LogP contribution in [0, 0.1) is 5.92 Å². The van der Waals surface area contributed by atoms with Gasteiger partial charge < -0.3 is 14.6 Å². The van der Waals surface area contributed by atoms with Crippen molar-refractivity contribution in [3.63, 3.8) is 0 Å². The maximum absolute atomic E-state index is 12.5. The SMILES string of the molecule is O=C(/C=C/c1ccco1)N1CCCC(Cc2cc(Nc3ccccn3)ncn2)C1. The molecule has 4 rings (SSSR count). The molecular formula is C22H23N5O2. The molecule has 1 saturated heterocycles. The van der Waals surface area contributed by atoms with Gasteiger partial charge in [-0.15, -0.1) is 0 Å². The molecule has 1 atom stereocenters. The van der Waals surface area contributed by atoms with E-state index in [0.717, 1.165) is 49.7 Å². The predicted octanol–water partition coefficient (Wildman–Crippen LogP) is 3.70.